The molecule has 3 aromatic heterocycles. The summed E-state index contributed by atoms with van der Waals surface area (Å²) in [5, 5.41) is 13.3. The van der Waals surface area contributed by atoms with Crippen molar-refractivity contribution in [2.75, 3.05) is 6.61 Å². The Kier molecular flexibility index (Phi) is 3.48. The quantitative estimate of drug-likeness (QED) is 0.793. The number of hydrogen-bond acceptors (Lipinski definition) is 6. The van der Waals surface area contributed by atoms with E-state index in [2.05, 4.69) is 15.1 Å². The maximum absolute atomic E-state index is 11.4. The molecule has 0 fully saturated rings. The molecule has 0 amide bonds. The summed E-state index contributed by atoms with van der Waals surface area (Å²) in [5.74, 6) is -0.961. The van der Waals surface area contributed by atoms with Gasteiger partial charge in [0.25, 0.3) is 5.78 Å². The Hall–Kier alpha value is -2.19. The van der Waals surface area contributed by atoms with Gasteiger partial charge in [-0.2, -0.15) is 9.50 Å². The van der Waals surface area contributed by atoms with E-state index < -0.39 is 5.97 Å². The lowest BCUT2D eigenvalue weighted by Gasteiger charge is -2.01. The summed E-state index contributed by atoms with van der Waals surface area (Å²) >= 11 is 7.21. The van der Waals surface area contributed by atoms with E-state index in [-0.39, 0.29) is 17.5 Å². The van der Waals surface area contributed by atoms with Crippen LogP contribution in [0.2, 0.25) is 4.34 Å². The van der Waals surface area contributed by atoms with Gasteiger partial charge in [-0.05, 0) is 25.1 Å². The number of hydrogen-bond donors (Lipinski definition) is 1. The Bertz CT molecular complexity index is 829. The van der Waals surface area contributed by atoms with Crippen LogP contribution in [0.4, 0.5) is 0 Å². The second-order valence-corrected chi connectivity index (χ2v) is 5.69. The number of carboxylic acids is 1. The van der Waals surface area contributed by atoms with E-state index in [0.29, 0.717) is 16.6 Å². The Balaban J connectivity index is 2.21. The molecule has 0 bridgehead atoms. The number of aromatic carboxylic acids is 1. The minimum atomic E-state index is -1.13. The molecule has 0 radical (unpaired) electrons. The number of rotatable bonds is 4. The predicted molar refractivity (Wildman–Crippen MR) is 77.2 cm³/mol. The highest BCUT2D eigenvalue weighted by Gasteiger charge is 2.17. The smallest absolute Gasteiger partial charge is 0.354 e. The van der Waals surface area contributed by atoms with Crippen LogP contribution in [-0.4, -0.2) is 37.3 Å². The lowest BCUT2D eigenvalue weighted by Crippen LogP contribution is -2.08. The topological polar surface area (TPSA) is 89.6 Å². The van der Waals surface area contributed by atoms with Gasteiger partial charge in [-0.1, -0.05) is 11.6 Å². The molecule has 0 aromatic carbocycles. The van der Waals surface area contributed by atoms with Crippen LogP contribution in [0.15, 0.2) is 18.2 Å². The molecule has 0 spiro atoms. The van der Waals surface area contributed by atoms with Crippen LogP contribution in [0.3, 0.4) is 0 Å². The Labute approximate surface area is 127 Å². The molecule has 1 N–H and O–H groups in total. The number of thiophene rings is 1. The van der Waals surface area contributed by atoms with E-state index >= 15 is 0 Å². The minimum absolute atomic E-state index is 0.0435. The standard InChI is InChI=1S/C12H9ClN4O3S/c1-2-20-12-15-11-14-6(8-3-4-9(13)21-8)5-7(10(18)19)17(11)16-12/h3-5H,2H2,1H3,(H,18,19). The summed E-state index contributed by atoms with van der Waals surface area (Å²) in [6, 6.07) is 5.02. The molecule has 0 aliphatic heterocycles. The number of halogens is 1. The van der Waals surface area contributed by atoms with E-state index in [1.54, 1.807) is 19.1 Å². The lowest BCUT2D eigenvalue weighted by atomic mass is 10.3. The molecule has 3 rings (SSSR count). The van der Waals surface area contributed by atoms with Crippen molar-refractivity contribution in [3.63, 3.8) is 0 Å². The molecule has 0 saturated carbocycles. The first-order valence-electron chi connectivity index (χ1n) is 5.98. The van der Waals surface area contributed by atoms with Gasteiger partial charge in [0.2, 0.25) is 0 Å². The maximum atomic E-state index is 11.4. The van der Waals surface area contributed by atoms with Crippen LogP contribution in [0.25, 0.3) is 16.3 Å². The van der Waals surface area contributed by atoms with Gasteiger partial charge in [-0.3, -0.25) is 0 Å². The third-order valence-corrected chi connectivity index (χ3v) is 3.86. The van der Waals surface area contributed by atoms with Crippen molar-refractivity contribution in [3.05, 3.63) is 28.2 Å². The fourth-order valence-electron chi connectivity index (χ4n) is 1.77. The van der Waals surface area contributed by atoms with E-state index in [9.17, 15) is 9.90 Å². The summed E-state index contributed by atoms with van der Waals surface area (Å²) in [6.07, 6.45) is 0. The van der Waals surface area contributed by atoms with Crippen molar-refractivity contribution in [1.82, 2.24) is 19.6 Å². The van der Waals surface area contributed by atoms with Crippen LogP contribution >= 0.6 is 22.9 Å². The van der Waals surface area contributed by atoms with Crippen LogP contribution in [0, 0.1) is 0 Å². The second-order valence-electron chi connectivity index (χ2n) is 3.97. The van der Waals surface area contributed by atoms with Crippen molar-refractivity contribution in [3.8, 4) is 16.6 Å². The van der Waals surface area contributed by atoms with E-state index in [4.69, 9.17) is 16.3 Å². The summed E-state index contributed by atoms with van der Waals surface area (Å²) in [7, 11) is 0. The molecule has 7 nitrogen and oxygen atoms in total. The summed E-state index contributed by atoms with van der Waals surface area (Å²) in [6.45, 7) is 2.17. The van der Waals surface area contributed by atoms with Gasteiger partial charge in [0.15, 0.2) is 5.69 Å². The lowest BCUT2D eigenvalue weighted by molar-refractivity contribution is 0.0687. The first kappa shape index (κ1) is 13.8. The molecule has 0 aliphatic carbocycles. The summed E-state index contributed by atoms with van der Waals surface area (Å²) in [5.41, 5.74) is 0.435. The third kappa shape index (κ3) is 2.55. The van der Waals surface area contributed by atoms with Gasteiger partial charge in [0, 0.05) is 0 Å². The second kappa shape index (κ2) is 5.30. The minimum Gasteiger partial charge on any atom is -0.477 e. The molecule has 3 aromatic rings. The van der Waals surface area contributed by atoms with Gasteiger partial charge in [-0.25, -0.2) is 9.78 Å². The SMILES string of the molecule is CCOc1nc2nc(-c3ccc(Cl)s3)cc(C(=O)O)n2n1. The highest BCUT2D eigenvalue weighted by molar-refractivity contribution is 7.19. The van der Waals surface area contributed by atoms with Crippen molar-refractivity contribution in [2.45, 2.75) is 6.92 Å². The normalized spacial score (nSPS) is 11.0. The zero-order valence-corrected chi connectivity index (χ0v) is 12.4. The first-order valence-corrected chi connectivity index (χ1v) is 7.17. The molecule has 0 unspecified atom stereocenters. The van der Waals surface area contributed by atoms with Gasteiger partial charge in [0.05, 0.1) is 21.5 Å². The van der Waals surface area contributed by atoms with E-state index in [1.165, 1.54) is 17.4 Å². The maximum Gasteiger partial charge on any atom is 0.354 e. The molecule has 3 heterocycles. The number of carbonyl (C=O) groups is 1. The third-order valence-electron chi connectivity index (χ3n) is 2.61. The highest BCUT2D eigenvalue weighted by Crippen LogP contribution is 2.30. The largest absolute Gasteiger partial charge is 0.477 e. The molecular formula is C12H9ClN4O3S. The number of carboxylic acid groups (broad SMARTS) is 1. The summed E-state index contributed by atoms with van der Waals surface area (Å²) < 4.78 is 6.92. The number of ether oxygens (including phenoxy) is 1. The first-order chi connectivity index (χ1) is 10.1. The summed E-state index contributed by atoms with van der Waals surface area (Å²) in [4.78, 5) is 20.5. The Morgan fingerprint density at radius 1 is 1.48 bits per heavy atom. The van der Waals surface area contributed by atoms with Gasteiger partial charge in [-0.15, -0.1) is 16.4 Å². The van der Waals surface area contributed by atoms with Crippen molar-refractivity contribution < 1.29 is 14.6 Å². The van der Waals surface area contributed by atoms with Gasteiger partial charge < -0.3 is 9.84 Å². The number of aromatic nitrogens is 4. The van der Waals surface area contributed by atoms with E-state index in [1.807, 2.05) is 0 Å². The monoisotopic (exact) mass is 324 g/mol. The van der Waals surface area contributed by atoms with Crippen LogP contribution in [0.1, 0.15) is 17.4 Å². The van der Waals surface area contributed by atoms with Crippen molar-refractivity contribution in [1.29, 1.82) is 0 Å². The molecule has 9 heteroatoms. The molecule has 21 heavy (non-hydrogen) atoms. The molecular weight excluding hydrogens is 316 g/mol. The average molecular weight is 325 g/mol. The Morgan fingerprint density at radius 3 is 2.90 bits per heavy atom. The van der Waals surface area contributed by atoms with Crippen molar-refractivity contribution >= 4 is 34.7 Å². The average Bonchev–Trinajstić information content (AvgIpc) is 3.03. The highest BCUT2D eigenvalue weighted by atomic mass is 35.5. The number of fused-ring (bicyclic) bond motifs is 1. The zero-order chi connectivity index (χ0) is 15.0. The molecule has 0 atom stereocenters. The van der Waals surface area contributed by atoms with E-state index in [0.717, 1.165) is 9.39 Å². The van der Waals surface area contributed by atoms with Crippen LogP contribution in [-0.2, 0) is 0 Å². The predicted octanol–water partition coefficient (Wildman–Crippen LogP) is 2.60. The van der Waals surface area contributed by atoms with Crippen LogP contribution < -0.4 is 4.74 Å². The Morgan fingerprint density at radius 2 is 2.29 bits per heavy atom. The van der Waals surface area contributed by atoms with Crippen LogP contribution in [0.5, 0.6) is 6.01 Å². The molecule has 108 valence electrons. The van der Waals surface area contributed by atoms with Gasteiger partial charge in [0.1, 0.15) is 0 Å². The zero-order valence-electron chi connectivity index (χ0n) is 10.8. The molecule has 0 saturated heterocycles. The number of nitrogens with zero attached hydrogens (tertiary/aromatic N) is 4. The molecule has 0 aliphatic rings. The fourth-order valence-corrected chi connectivity index (χ4v) is 2.77. The van der Waals surface area contributed by atoms with Gasteiger partial charge >= 0.3 is 12.0 Å². The fraction of sp³-hybridized carbons (Fsp3) is 0.167. The van der Waals surface area contributed by atoms with Crippen molar-refractivity contribution in [2.24, 2.45) is 0 Å².